The van der Waals surface area contributed by atoms with Gasteiger partial charge in [0.05, 0.1) is 0 Å². The van der Waals surface area contributed by atoms with E-state index in [1.165, 1.54) is 5.56 Å². The number of aryl methyl sites for hydroxylation is 1. The van der Waals surface area contributed by atoms with Crippen LogP contribution in [0.25, 0.3) is 0 Å². The number of rotatable bonds is 6. The van der Waals surface area contributed by atoms with Crippen molar-refractivity contribution in [3.63, 3.8) is 0 Å². The molecule has 1 fully saturated rings. The van der Waals surface area contributed by atoms with Gasteiger partial charge in [-0.05, 0) is 36.3 Å². The molecule has 0 saturated carbocycles. The van der Waals surface area contributed by atoms with E-state index in [-0.39, 0.29) is 5.92 Å². The van der Waals surface area contributed by atoms with Gasteiger partial charge in [0.1, 0.15) is 6.04 Å². The zero-order valence-electron chi connectivity index (χ0n) is 12.0. The van der Waals surface area contributed by atoms with Crippen LogP contribution in [0.3, 0.4) is 0 Å². The Morgan fingerprint density at radius 1 is 1.30 bits per heavy atom. The van der Waals surface area contributed by atoms with Gasteiger partial charge in [0.2, 0.25) is 0 Å². The van der Waals surface area contributed by atoms with Crippen molar-refractivity contribution >= 4 is 5.97 Å². The molecule has 4 nitrogen and oxygen atoms in total. The lowest BCUT2D eigenvalue weighted by Gasteiger charge is -2.28. The quantitative estimate of drug-likeness (QED) is 0.837. The van der Waals surface area contributed by atoms with Crippen LogP contribution in [0.4, 0.5) is 0 Å². The standard InChI is InChI=1S/C16H23NO3/c1-2-12-3-5-13(6-4-12)11-17-15(16(18)19)14-7-9-20-10-8-14/h3-6,14-15,17H,2,7-11H2,1H3,(H,18,19). The number of carbonyl (C=O) groups is 1. The molecule has 20 heavy (non-hydrogen) atoms. The van der Waals surface area contributed by atoms with E-state index in [4.69, 9.17) is 4.74 Å². The molecule has 0 bridgehead atoms. The van der Waals surface area contributed by atoms with Crippen molar-refractivity contribution in [2.45, 2.75) is 38.8 Å². The average molecular weight is 277 g/mol. The molecule has 0 amide bonds. The molecule has 1 aromatic carbocycles. The molecule has 1 aromatic rings. The Labute approximate surface area is 120 Å². The third-order valence-corrected chi connectivity index (χ3v) is 3.96. The summed E-state index contributed by atoms with van der Waals surface area (Å²) < 4.78 is 5.30. The summed E-state index contributed by atoms with van der Waals surface area (Å²) in [6, 6.07) is 7.84. The first kappa shape index (κ1) is 15.0. The lowest BCUT2D eigenvalue weighted by atomic mass is 9.91. The van der Waals surface area contributed by atoms with Crippen LogP contribution in [0.1, 0.15) is 30.9 Å². The van der Waals surface area contributed by atoms with Crippen LogP contribution in [-0.2, 0) is 22.5 Å². The minimum Gasteiger partial charge on any atom is -0.480 e. The normalized spacial score (nSPS) is 17.9. The number of carboxylic acid groups (broad SMARTS) is 1. The monoisotopic (exact) mass is 277 g/mol. The second-order valence-corrected chi connectivity index (χ2v) is 5.32. The second kappa shape index (κ2) is 7.41. The Kier molecular flexibility index (Phi) is 5.56. The molecule has 2 rings (SSSR count). The molecule has 0 radical (unpaired) electrons. The van der Waals surface area contributed by atoms with Gasteiger partial charge in [-0.25, -0.2) is 0 Å². The highest BCUT2D eigenvalue weighted by molar-refractivity contribution is 5.73. The molecule has 110 valence electrons. The molecule has 1 heterocycles. The SMILES string of the molecule is CCc1ccc(CNC(C(=O)O)C2CCOCC2)cc1. The van der Waals surface area contributed by atoms with E-state index in [1.807, 2.05) is 0 Å². The van der Waals surface area contributed by atoms with Gasteiger partial charge in [0, 0.05) is 19.8 Å². The van der Waals surface area contributed by atoms with E-state index in [0.29, 0.717) is 19.8 Å². The largest absolute Gasteiger partial charge is 0.480 e. The van der Waals surface area contributed by atoms with E-state index in [0.717, 1.165) is 24.8 Å². The molecule has 0 spiro atoms. The smallest absolute Gasteiger partial charge is 0.320 e. The third-order valence-electron chi connectivity index (χ3n) is 3.96. The summed E-state index contributed by atoms with van der Waals surface area (Å²) in [7, 11) is 0. The van der Waals surface area contributed by atoms with Crippen molar-refractivity contribution < 1.29 is 14.6 Å². The van der Waals surface area contributed by atoms with Gasteiger partial charge < -0.3 is 15.2 Å². The first-order valence-corrected chi connectivity index (χ1v) is 7.32. The van der Waals surface area contributed by atoms with Crippen molar-refractivity contribution in [3.05, 3.63) is 35.4 Å². The highest BCUT2D eigenvalue weighted by atomic mass is 16.5. The van der Waals surface area contributed by atoms with E-state index in [1.54, 1.807) is 0 Å². The summed E-state index contributed by atoms with van der Waals surface area (Å²) in [6.45, 7) is 4.06. The number of hydrogen-bond acceptors (Lipinski definition) is 3. The van der Waals surface area contributed by atoms with Gasteiger partial charge in [0.25, 0.3) is 0 Å². The Balaban J connectivity index is 1.92. The molecule has 1 unspecified atom stereocenters. The van der Waals surface area contributed by atoms with Crippen LogP contribution >= 0.6 is 0 Å². The second-order valence-electron chi connectivity index (χ2n) is 5.32. The molecule has 1 aliphatic heterocycles. The molecule has 1 saturated heterocycles. The lowest BCUT2D eigenvalue weighted by Crippen LogP contribution is -2.44. The Bertz CT molecular complexity index is 424. The Hall–Kier alpha value is -1.39. The minimum absolute atomic E-state index is 0.163. The maximum Gasteiger partial charge on any atom is 0.320 e. The maximum absolute atomic E-state index is 11.4. The molecule has 4 heteroatoms. The average Bonchev–Trinajstić information content (AvgIpc) is 2.49. The van der Waals surface area contributed by atoms with Gasteiger partial charge in [-0.2, -0.15) is 0 Å². The van der Waals surface area contributed by atoms with E-state index in [2.05, 4.69) is 36.5 Å². The summed E-state index contributed by atoms with van der Waals surface area (Å²) in [6.07, 6.45) is 2.66. The summed E-state index contributed by atoms with van der Waals surface area (Å²) in [5.74, 6) is -0.599. The number of nitrogens with one attached hydrogen (secondary N) is 1. The summed E-state index contributed by atoms with van der Waals surface area (Å²) in [5, 5.41) is 12.6. The van der Waals surface area contributed by atoms with E-state index in [9.17, 15) is 9.90 Å². The van der Waals surface area contributed by atoms with Crippen LogP contribution in [0.15, 0.2) is 24.3 Å². The third kappa shape index (κ3) is 4.05. The number of ether oxygens (including phenoxy) is 1. The predicted octanol–water partition coefficient (Wildman–Crippen LogP) is 2.22. The van der Waals surface area contributed by atoms with Crippen LogP contribution in [0.2, 0.25) is 0 Å². The molecular weight excluding hydrogens is 254 g/mol. The number of benzene rings is 1. The molecule has 0 aliphatic carbocycles. The van der Waals surface area contributed by atoms with Crippen molar-refractivity contribution in [2.24, 2.45) is 5.92 Å². The van der Waals surface area contributed by atoms with Crippen LogP contribution < -0.4 is 5.32 Å². The van der Waals surface area contributed by atoms with Crippen LogP contribution in [-0.4, -0.2) is 30.3 Å². The zero-order valence-corrected chi connectivity index (χ0v) is 12.0. The van der Waals surface area contributed by atoms with Gasteiger partial charge in [0.15, 0.2) is 0 Å². The van der Waals surface area contributed by atoms with Gasteiger partial charge >= 0.3 is 5.97 Å². The highest BCUT2D eigenvalue weighted by Gasteiger charge is 2.29. The number of carboxylic acids is 1. The fraction of sp³-hybridized carbons (Fsp3) is 0.562. The van der Waals surface area contributed by atoms with Gasteiger partial charge in [-0.15, -0.1) is 0 Å². The zero-order chi connectivity index (χ0) is 14.4. The van der Waals surface area contributed by atoms with Crippen molar-refractivity contribution in [1.29, 1.82) is 0 Å². The summed E-state index contributed by atoms with van der Waals surface area (Å²) >= 11 is 0. The van der Waals surface area contributed by atoms with Gasteiger partial charge in [-0.1, -0.05) is 31.2 Å². The van der Waals surface area contributed by atoms with Crippen LogP contribution in [0, 0.1) is 5.92 Å². The Morgan fingerprint density at radius 2 is 1.90 bits per heavy atom. The maximum atomic E-state index is 11.4. The fourth-order valence-corrected chi connectivity index (χ4v) is 2.63. The molecule has 1 aliphatic rings. The first-order valence-electron chi connectivity index (χ1n) is 7.32. The number of aliphatic carboxylic acids is 1. The predicted molar refractivity (Wildman–Crippen MR) is 77.6 cm³/mol. The Morgan fingerprint density at radius 3 is 2.45 bits per heavy atom. The minimum atomic E-state index is -0.762. The van der Waals surface area contributed by atoms with Gasteiger partial charge in [-0.3, -0.25) is 4.79 Å². The molecular formula is C16H23NO3. The lowest BCUT2D eigenvalue weighted by molar-refractivity contribution is -0.142. The van der Waals surface area contributed by atoms with Crippen molar-refractivity contribution in [1.82, 2.24) is 5.32 Å². The van der Waals surface area contributed by atoms with E-state index >= 15 is 0 Å². The fourth-order valence-electron chi connectivity index (χ4n) is 2.63. The highest BCUT2D eigenvalue weighted by Crippen LogP contribution is 2.19. The summed E-state index contributed by atoms with van der Waals surface area (Å²) in [4.78, 5) is 11.4. The number of hydrogen-bond donors (Lipinski definition) is 2. The molecule has 2 N–H and O–H groups in total. The van der Waals surface area contributed by atoms with Crippen molar-refractivity contribution in [2.75, 3.05) is 13.2 Å². The topological polar surface area (TPSA) is 58.6 Å². The van der Waals surface area contributed by atoms with E-state index < -0.39 is 12.0 Å². The van der Waals surface area contributed by atoms with Crippen LogP contribution in [0.5, 0.6) is 0 Å². The summed E-state index contributed by atoms with van der Waals surface area (Å²) in [5.41, 5.74) is 2.42. The van der Waals surface area contributed by atoms with Crippen molar-refractivity contribution in [3.8, 4) is 0 Å². The first-order chi connectivity index (χ1) is 9.70. The molecule has 0 aromatic heterocycles. The molecule has 1 atom stereocenters.